The third kappa shape index (κ3) is 4.86. The molecule has 1 aromatic heterocycles. The van der Waals surface area contributed by atoms with Crippen LogP contribution in [-0.4, -0.2) is 31.6 Å². The Morgan fingerprint density at radius 3 is 2.68 bits per heavy atom. The van der Waals surface area contributed by atoms with E-state index in [4.69, 9.17) is 21.1 Å². The van der Waals surface area contributed by atoms with Gasteiger partial charge in [0, 0.05) is 31.5 Å². The standard InChI is InChI=1S/C16H23ClN2O2Si/c1-20-16-6-5-13(17)11-14(16)15-7-8-19(18-15)12-21-9-10-22(2,3)4/h5-8,11H,9-10,12H2,1-4H3. The summed E-state index contributed by atoms with van der Waals surface area (Å²) in [5.41, 5.74) is 1.71. The number of halogens is 1. The van der Waals surface area contributed by atoms with Crippen LogP contribution < -0.4 is 4.74 Å². The summed E-state index contributed by atoms with van der Waals surface area (Å²) in [5.74, 6) is 0.759. The third-order valence-corrected chi connectivity index (χ3v) is 5.24. The van der Waals surface area contributed by atoms with Crippen molar-refractivity contribution in [2.45, 2.75) is 32.4 Å². The molecule has 22 heavy (non-hydrogen) atoms. The van der Waals surface area contributed by atoms with Crippen molar-refractivity contribution in [3.8, 4) is 17.0 Å². The van der Waals surface area contributed by atoms with Gasteiger partial charge in [-0.25, -0.2) is 4.68 Å². The SMILES string of the molecule is COc1ccc(Cl)cc1-c1ccn(COCC[Si](C)(C)C)n1. The van der Waals surface area contributed by atoms with Gasteiger partial charge < -0.3 is 9.47 Å². The van der Waals surface area contributed by atoms with E-state index in [-0.39, 0.29) is 0 Å². The summed E-state index contributed by atoms with van der Waals surface area (Å²) >= 11 is 6.06. The second kappa shape index (κ2) is 7.31. The van der Waals surface area contributed by atoms with Gasteiger partial charge in [0.05, 0.1) is 12.8 Å². The molecule has 0 atom stereocenters. The van der Waals surface area contributed by atoms with Gasteiger partial charge in [0.25, 0.3) is 0 Å². The Hall–Kier alpha value is -1.30. The lowest BCUT2D eigenvalue weighted by Gasteiger charge is -2.15. The number of nitrogens with zero attached hydrogens (tertiary/aromatic N) is 2. The molecule has 0 aliphatic heterocycles. The average molecular weight is 339 g/mol. The second-order valence-electron chi connectivity index (χ2n) is 6.43. The summed E-state index contributed by atoms with van der Waals surface area (Å²) in [6.07, 6.45) is 1.91. The molecule has 120 valence electrons. The monoisotopic (exact) mass is 338 g/mol. The van der Waals surface area contributed by atoms with Crippen molar-refractivity contribution in [1.82, 2.24) is 9.78 Å². The molecule has 0 amide bonds. The molecule has 0 N–H and O–H groups in total. The normalized spacial score (nSPS) is 11.7. The van der Waals surface area contributed by atoms with Gasteiger partial charge >= 0.3 is 0 Å². The first-order valence-corrected chi connectivity index (χ1v) is 11.4. The molecule has 0 aliphatic carbocycles. The van der Waals surface area contributed by atoms with Crippen molar-refractivity contribution < 1.29 is 9.47 Å². The Balaban J connectivity index is 2.01. The fourth-order valence-corrected chi connectivity index (χ4v) is 2.92. The topological polar surface area (TPSA) is 36.3 Å². The molecule has 2 aromatic rings. The van der Waals surface area contributed by atoms with Gasteiger partial charge in [-0.3, -0.25) is 0 Å². The first-order chi connectivity index (χ1) is 10.4. The molecule has 0 saturated heterocycles. The van der Waals surface area contributed by atoms with E-state index < -0.39 is 8.07 Å². The minimum atomic E-state index is -1.05. The highest BCUT2D eigenvalue weighted by atomic mass is 35.5. The minimum absolute atomic E-state index is 0.466. The molecule has 4 nitrogen and oxygen atoms in total. The van der Waals surface area contributed by atoms with E-state index in [1.54, 1.807) is 17.9 Å². The second-order valence-corrected chi connectivity index (χ2v) is 12.5. The summed E-state index contributed by atoms with van der Waals surface area (Å²) in [6.45, 7) is 8.27. The van der Waals surface area contributed by atoms with Crippen molar-refractivity contribution in [1.29, 1.82) is 0 Å². The van der Waals surface area contributed by atoms with E-state index in [9.17, 15) is 0 Å². The van der Waals surface area contributed by atoms with Gasteiger partial charge in [-0.15, -0.1) is 0 Å². The average Bonchev–Trinajstić information content (AvgIpc) is 2.91. The Kier molecular flexibility index (Phi) is 5.67. The molecule has 2 rings (SSSR count). The Morgan fingerprint density at radius 1 is 1.23 bits per heavy atom. The Bertz CT molecular complexity index is 623. The predicted octanol–water partition coefficient (Wildman–Crippen LogP) is 4.52. The van der Waals surface area contributed by atoms with Gasteiger partial charge in [0.15, 0.2) is 0 Å². The summed E-state index contributed by atoms with van der Waals surface area (Å²) in [7, 11) is 0.595. The number of methoxy groups -OCH3 is 1. The number of benzene rings is 1. The van der Waals surface area contributed by atoms with Crippen molar-refractivity contribution in [2.24, 2.45) is 0 Å². The zero-order valence-corrected chi connectivity index (χ0v) is 15.4. The largest absolute Gasteiger partial charge is 0.496 e. The zero-order chi connectivity index (χ0) is 16.2. The highest BCUT2D eigenvalue weighted by Gasteiger charge is 2.13. The van der Waals surface area contributed by atoms with Crippen molar-refractivity contribution in [2.75, 3.05) is 13.7 Å². The lowest BCUT2D eigenvalue weighted by molar-refractivity contribution is 0.0787. The van der Waals surface area contributed by atoms with Crippen molar-refractivity contribution >= 4 is 19.7 Å². The van der Waals surface area contributed by atoms with Crippen LogP contribution >= 0.6 is 11.6 Å². The van der Waals surface area contributed by atoms with E-state index >= 15 is 0 Å². The van der Waals surface area contributed by atoms with Gasteiger partial charge in [-0.05, 0) is 30.3 Å². The fourth-order valence-electron chi connectivity index (χ4n) is 1.99. The summed E-state index contributed by atoms with van der Waals surface area (Å²) < 4.78 is 12.9. The van der Waals surface area contributed by atoms with Crippen LogP contribution in [-0.2, 0) is 11.5 Å². The van der Waals surface area contributed by atoms with Crippen LogP contribution in [0, 0.1) is 0 Å². The highest BCUT2D eigenvalue weighted by molar-refractivity contribution is 6.76. The summed E-state index contributed by atoms with van der Waals surface area (Å²) in [6, 6.07) is 8.61. The van der Waals surface area contributed by atoms with Gasteiger partial charge in [0.2, 0.25) is 0 Å². The number of ether oxygens (including phenoxy) is 2. The van der Waals surface area contributed by atoms with Gasteiger partial charge in [0.1, 0.15) is 12.5 Å². The van der Waals surface area contributed by atoms with Crippen LogP contribution in [0.4, 0.5) is 0 Å². The molecule has 0 radical (unpaired) electrons. The van der Waals surface area contributed by atoms with Crippen LogP contribution in [0.2, 0.25) is 30.7 Å². The molecule has 0 unspecified atom stereocenters. The maximum atomic E-state index is 6.06. The lowest BCUT2D eigenvalue weighted by atomic mass is 10.1. The Morgan fingerprint density at radius 2 is 2.00 bits per heavy atom. The number of aromatic nitrogens is 2. The number of rotatable bonds is 7. The lowest BCUT2D eigenvalue weighted by Crippen LogP contribution is -2.22. The summed E-state index contributed by atoms with van der Waals surface area (Å²) in [5, 5.41) is 5.19. The minimum Gasteiger partial charge on any atom is -0.496 e. The highest BCUT2D eigenvalue weighted by Crippen LogP contribution is 2.31. The van der Waals surface area contributed by atoms with E-state index in [0.717, 1.165) is 29.7 Å². The fraction of sp³-hybridized carbons (Fsp3) is 0.438. The van der Waals surface area contributed by atoms with Crippen molar-refractivity contribution in [3.05, 3.63) is 35.5 Å². The molecule has 0 aliphatic rings. The molecular formula is C16H23ClN2O2Si. The third-order valence-electron chi connectivity index (χ3n) is 3.30. The first kappa shape index (κ1) is 17.1. The molecule has 0 spiro atoms. The van der Waals surface area contributed by atoms with Crippen LogP contribution in [0.3, 0.4) is 0 Å². The van der Waals surface area contributed by atoms with E-state index in [1.807, 2.05) is 24.4 Å². The maximum Gasteiger partial charge on any atom is 0.139 e. The van der Waals surface area contributed by atoms with E-state index in [2.05, 4.69) is 24.7 Å². The Labute approximate surface area is 138 Å². The van der Waals surface area contributed by atoms with Gasteiger partial charge in [-0.2, -0.15) is 5.10 Å². The molecule has 0 bridgehead atoms. The van der Waals surface area contributed by atoms with Crippen LogP contribution in [0.15, 0.2) is 30.5 Å². The number of hydrogen-bond acceptors (Lipinski definition) is 3. The molecule has 0 fully saturated rings. The molecule has 0 saturated carbocycles. The van der Waals surface area contributed by atoms with E-state index in [1.165, 1.54) is 0 Å². The van der Waals surface area contributed by atoms with Crippen molar-refractivity contribution in [3.63, 3.8) is 0 Å². The van der Waals surface area contributed by atoms with E-state index in [0.29, 0.717) is 11.8 Å². The number of hydrogen-bond donors (Lipinski definition) is 0. The maximum absolute atomic E-state index is 6.06. The quantitative estimate of drug-likeness (QED) is 0.550. The van der Waals surface area contributed by atoms with Crippen LogP contribution in [0.5, 0.6) is 5.75 Å². The predicted molar refractivity (Wildman–Crippen MR) is 93.3 cm³/mol. The smallest absolute Gasteiger partial charge is 0.139 e. The molecule has 1 heterocycles. The first-order valence-electron chi connectivity index (χ1n) is 7.34. The molecule has 1 aromatic carbocycles. The van der Waals surface area contributed by atoms with Crippen LogP contribution in [0.25, 0.3) is 11.3 Å². The van der Waals surface area contributed by atoms with Gasteiger partial charge in [-0.1, -0.05) is 31.2 Å². The molecular weight excluding hydrogens is 316 g/mol. The van der Waals surface area contributed by atoms with Crippen LogP contribution in [0.1, 0.15) is 0 Å². The summed E-state index contributed by atoms with van der Waals surface area (Å²) in [4.78, 5) is 0. The molecule has 6 heteroatoms. The zero-order valence-electron chi connectivity index (χ0n) is 13.6.